The van der Waals surface area contributed by atoms with Gasteiger partial charge in [-0.3, -0.25) is 14.4 Å². The van der Waals surface area contributed by atoms with Gasteiger partial charge < -0.3 is 4.90 Å². The maximum atomic E-state index is 13.2. The van der Waals surface area contributed by atoms with E-state index in [-0.39, 0.29) is 11.9 Å². The van der Waals surface area contributed by atoms with Crippen LogP contribution in [0.4, 0.5) is 5.13 Å². The van der Waals surface area contributed by atoms with E-state index in [0.29, 0.717) is 12.2 Å². The molecular formula is C20H27N5OS. The van der Waals surface area contributed by atoms with Crippen molar-refractivity contribution in [3.05, 3.63) is 41.2 Å². The first-order chi connectivity index (χ1) is 12.8. The van der Waals surface area contributed by atoms with Crippen molar-refractivity contribution in [1.29, 1.82) is 0 Å². The summed E-state index contributed by atoms with van der Waals surface area (Å²) in [5.41, 5.74) is 3.76. The molecule has 3 rings (SSSR count). The van der Waals surface area contributed by atoms with Gasteiger partial charge in [0.05, 0.1) is 10.2 Å². The van der Waals surface area contributed by atoms with Crippen LogP contribution in [0.1, 0.15) is 41.5 Å². The minimum absolute atomic E-state index is 0.107. The molecule has 0 fully saturated rings. The average molecular weight is 386 g/mol. The third kappa shape index (κ3) is 4.20. The normalized spacial score (nSPS) is 11.7. The fraction of sp³-hybridized carbons (Fsp3) is 0.450. The van der Waals surface area contributed by atoms with Crippen LogP contribution < -0.4 is 4.90 Å². The van der Waals surface area contributed by atoms with Crippen LogP contribution in [-0.4, -0.2) is 52.8 Å². The molecule has 0 saturated carbocycles. The molecular weight excluding hydrogens is 358 g/mol. The lowest BCUT2D eigenvalue weighted by Gasteiger charge is -2.21. The molecule has 2 aromatic heterocycles. The predicted octanol–water partition coefficient (Wildman–Crippen LogP) is 3.90. The number of amides is 1. The number of thiazole rings is 1. The second kappa shape index (κ2) is 7.78. The van der Waals surface area contributed by atoms with Crippen LogP contribution in [0, 0.1) is 13.8 Å². The Bertz CT molecular complexity index is 957. The van der Waals surface area contributed by atoms with Gasteiger partial charge in [-0.2, -0.15) is 5.10 Å². The van der Waals surface area contributed by atoms with Gasteiger partial charge in [0.1, 0.15) is 0 Å². The van der Waals surface area contributed by atoms with Gasteiger partial charge in [0.25, 0.3) is 5.91 Å². The number of hydrogen-bond donors (Lipinski definition) is 0. The van der Waals surface area contributed by atoms with E-state index < -0.39 is 0 Å². The molecule has 27 heavy (non-hydrogen) atoms. The highest BCUT2D eigenvalue weighted by Gasteiger charge is 2.24. The lowest BCUT2D eigenvalue weighted by atomic mass is 10.1. The van der Waals surface area contributed by atoms with Crippen LogP contribution in [0.15, 0.2) is 24.4 Å². The number of benzene rings is 1. The summed E-state index contributed by atoms with van der Waals surface area (Å²) in [5, 5.41) is 5.18. The number of hydrogen-bond acceptors (Lipinski definition) is 5. The zero-order chi connectivity index (χ0) is 19.7. The summed E-state index contributed by atoms with van der Waals surface area (Å²) in [6.45, 7) is 9.56. The van der Waals surface area contributed by atoms with E-state index in [0.717, 1.165) is 27.5 Å². The maximum absolute atomic E-state index is 13.2. The predicted molar refractivity (Wildman–Crippen MR) is 112 cm³/mol. The summed E-state index contributed by atoms with van der Waals surface area (Å²) in [4.78, 5) is 21.8. The Morgan fingerprint density at radius 2 is 1.96 bits per heavy atom. The van der Waals surface area contributed by atoms with Gasteiger partial charge in [0.15, 0.2) is 10.8 Å². The average Bonchev–Trinajstić information content (AvgIpc) is 3.21. The molecule has 0 atom stereocenters. The first kappa shape index (κ1) is 19.5. The lowest BCUT2D eigenvalue weighted by molar-refractivity contribution is 0.0979. The van der Waals surface area contributed by atoms with E-state index in [1.54, 1.807) is 22.3 Å². The topological polar surface area (TPSA) is 54.3 Å². The molecule has 6 nitrogen and oxygen atoms in total. The van der Waals surface area contributed by atoms with Crippen LogP contribution in [0.5, 0.6) is 0 Å². The summed E-state index contributed by atoms with van der Waals surface area (Å²) in [6.07, 6.45) is 1.86. The molecule has 0 N–H and O–H groups in total. The molecule has 0 radical (unpaired) electrons. The molecule has 7 heteroatoms. The van der Waals surface area contributed by atoms with Crippen molar-refractivity contribution in [1.82, 2.24) is 19.7 Å². The Kier molecular flexibility index (Phi) is 5.62. The number of aromatic nitrogens is 3. The third-order valence-corrected chi connectivity index (χ3v) is 5.45. The van der Waals surface area contributed by atoms with Crippen LogP contribution in [0.2, 0.25) is 0 Å². The second-order valence-electron chi connectivity index (χ2n) is 7.46. The van der Waals surface area contributed by atoms with E-state index in [1.165, 1.54) is 5.56 Å². The van der Waals surface area contributed by atoms with Gasteiger partial charge in [-0.25, -0.2) is 4.98 Å². The number of anilines is 1. The van der Waals surface area contributed by atoms with Gasteiger partial charge in [-0.1, -0.05) is 17.4 Å². The maximum Gasteiger partial charge on any atom is 0.280 e. The van der Waals surface area contributed by atoms with Gasteiger partial charge in [-0.15, -0.1) is 0 Å². The van der Waals surface area contributed by atoms with Gasteiger partial charge in [-0.05, 0) is 65.0 Å². The molecule has 0 unspecified atom stereocenters. The van der Waals surface area contributed by atoms with E-state index in [9.17, 15) is 4.79 Å². The Morgan fingerprint density at radius 3 is 2.59 bits per heavy atom. The number of aryl methyl sites for hydroxylation is 2. The van der Waals surface area contributed by atoms with Crippen LogP contribution in [-0.2, 0) is 0 Å². The Labute approximate surface area is 164 Å². The summed E-state index contributed by atoms with van der Waals surface area (Å²) < 4.78 is 2.92. The lowest BCUT2D eigenvalue weighted by Crippen LogP contribution is -2.37. The number of carbonyl (C=O) groups excluding carboxylic acids is 1. The molecule has 0 aliphatic rings. The van der Waals surface area contributed by atoms with Crippen LogP contribution >= 0.6 is 11.3 Å². The number of fused-ring (bicyclic) bond motifs is 1. The van der Waals surface area contributed by atoms with Crippen molar-refractivity contribution in [2.75, 3.05) is 32.1 Å². The zero-order valence-electron chi connectivity index (χ0n) is 16.9. The molecule has 0 aliphatic heterocycles. The summed E-state index contributed by atoms with van der Waals surface area (Å²) in [7, 11) is 4.00. The standard InChI is InChI=1S/C20H27N5OS/c1-13(2)25-8-7-16(22-25)19(26)24(10-9-23(5)6)20-21-18-15(4)11-14(3)12-17(18)27-20/h7-8,11-13H,9-10H2,1-6H3. The van der Waals surface area contributed by atoms with Gasteiger partial charge in [0, 0.05) is 25.3 Å². The van der Waals surface area contributed by atoms with E-state index in [2.05, 4.69) is 36.0 Å². The molecule has 1 amide bonds. The SMILES string of the molecule is Cc1cc(C)c2nc(N(CCN(C)C)C(=O)c3ccn(C(C)C)n3)sc2c1. The number of nitrogens with zero attached hydrogens (tertiary/aromatic N) is 5. The minimum atomic E-state index is -0.107. The fourth-order valence-corrected chi connectivity index (χ4v) is 4.10. The second-order valence-corrected chi connectivity index (χ2v) is 8.47. The molecule has 0 spiro atoms. The van der Waals surface area contributed by atoms with Crippen LogP contribution in [0.3, 0.4) is 0 Å². The highest BCUT2D eigenvalue weighted by Crippen LogP contribution is 2.32. The molecule has 1 aromatic carbocycles. The molecule has 144 valence electrons. The number of carbonyl (C=O) groups is 1. The first-order valence-corrected chi connectivity index (χ1v) is 9.97. The summed E-state index contributed by atoms with van der Waals surface area (Å²) in [5.74, 6) is -0.107. The highest BCUT2D eigenvalue weighted by molar-refractivity contribution is 7.22. The molecule has 0 aliphatic carbocycles. The highest BCUT2D eigenvalue weighted by atomic mass is 32.1. The Balaban J connectivity index is 1.99. The number of likely N-dealkylation sites (N-methyl/N-ethyl adjacent to an activating group) is 1. The van der Waals surface area contributed by atoms with Crippen molar-refractivity contribution >= 4 is 32.6 Å². The van der Waals surface area contributed by atoms with E-state index in [4.69, 9.17) is 4.98 Å². The van der Waals surface area contributed by atoms with Crippen molar-refractivity contribution in [2.45, 2.75) is 33.7 Å². The minimum Gasteiger partial charge on any atom is -0.308 e. The Hall–Kier alpha value is -2.25. The van der Waals surface area contributed by atoms with Crippen LogP contribution in [0.25, 0.3) is 10.2 Å². The van der Waals surface area contributed by atoms with Gasteiger partial charge in [0.2, 0.25) is 0 Å². The quantitative estimate of drug-likeness (QED) is 0.646. The molecule has 0 bridgehead atoms. The monoisotopic (exact) mass is 385 g/mol. The third-order valence-electron chi connectivity index (χ3n) is 4.42. The fourth-order valence-electron chi connectivity index (χ4n) is 2.94. The Morgan fingerprint density at radius 1 is 1.22 bits per heavy atom. The van der Waals surface area contributed by atoms with Crippen molar-refractivity contribution in [3.63, 3.8) is 0 Å². The molecule has 2 heterocycles. The summed E-state index contributed by atoms with van der Waals surface area (Å²) in [6, 6.07) is 6.26. The van der Waals surface area contributed by atoms with Crippen molar-refractivity contribution in [2.24, 2.45) is 0 Å². The number of rotatable bonds is 6. The molecule has 3 aromatic rings. The summed E-state index contributed by atoms with van der Waals surface area (Å²) >= 11 is 1.56. The van der Waals surface area contributed by atoms with E-state index >= 15 is 0 Å². The smallest absolute Gasteiger partial charge is 0.280 e. The van der Waals surface area contributed by atoms with Crippen molar-refractivity contribution < 1.29 is 4.79 Å². The van der Waals surface area contributed by atoms with E-state index in [1.807, 2.05) is 38.8 Å². The zero-order valence-corrected chi connectivity index (χ0v) is 17.7. The van der Waals surface area contributed by atoms with Crippen molar-refractivity contribution in [3.8, 4) is 0 Å². The molecule has 0 saturated heterocycles. The largest absolute Gasteiger partial charge is 0.308 e. The van der Waals surface area contributed by atoms with Gasteiger partial charge >= 0.3 is 0 Å². The first-order valence-electron chi connectivity index (χ1n) is 9.16.